The quantitative estimate of drug-likeness (QED) is 0.880. The SMILES string of the molecule is CCc1cc(CN2CCC(C(C)NC)CC2)n(C)n1. The molecular formula is C15H28N4. The highest BCUT2D eigenvalue weighted by atomic mass is 15.3. The number of rotatable bonds is 5. The number of nitrogens with one attached hydrogen (secondary N) is 1. The summed E-state index contributed by atoms with van der Waals surface area (Å²) in [5.41, 5.74) is 2.55. The van der Waals surface area contributed by atoms with Crippen molar-refractivity contribution in [3.05, 3.63) is 17.5 Å². The highest BCUT2D eigenvalue weighted by Crippen LogP contribution is 2.21. The first kappa shape index (κ1) is 14.5. The minimum Gasteiger partial charge on any atom is -0.317 e. The first-order valence-corrected chi connectivity index (χ1v) is 7.55. The number of aromatic nitrogens is 2. The van der Waals surface area contributed by atoms with Crippen LogP contribution in [0.4, 0.5) is 0 Å². The molecule has 19 heavy (non-hydrogen) atoms. The number of likely N-dealkylation sites (tertiary alicyclic amines) is 1. The Balaban J connectivity index is 1.86. The molecule has 2 rings (SSSR count). The van der Waals surface area contributed by atoms with Gasteiger partial charge in [-0.1, -0.05) is 6.92 Å². The lowest BCUT2D eigenvalue weighted by molar-refractivity contribution is 0.156. The second-order valence-electron chi connectivity index (χ2n) is 5.80. The normalized spacial score (nSPS) is 19.8. The lowest BCUT2D eigenvalue weighted by Crippen LogP contribution is -2.40. The van der Waals surface area contributed by atoms with Crippen molar-refractivity contribution in [3.63, 3.8) is 0 Å². The molecule has 0 amide bonds. The van der Waals surface area contributed by atoms with Crippen molar-refractivity contribution in [3.8, 4) is 0 Å². The monoisotopic (exact) mass is 264 g/mol. The molecule has 4 heteroatoms. The van der Waals surface area contributed by atoms with Gasteiger partial charge in [0.05, 0.1) is 11.4 Å². The largest absolute Gasteiger partial charge is 0.317 e. The van der Waals surface area contributed by atoms with E-state index in [4.69, 9.17) is 0 Å². The zero-order chi connectivity index (χ0) is 13.8. The van der Waals surface area contributed by atoms with Gasteiger partial charge in [0, 0.05) is 19.6 Å². The third kappa shape index (κ3) is 3.57. The second kappa shape index (κ2) is 6.53. The van der Waals surface area contributed by atoms with Gasteiger partial charge in [0.15, 0.2) is 0 Å². The van der Waals surface area contributed by atoms with Gasteiger partial charge in [0.25, 0.3) is 0 Å². The van der Waals surface area contributed by atoms with E-state index in [1.807, 2.05) is 4.68 Å². The molecule has 0 bridgehead atoms. The van der Waals surface area contributed by atoms with Crippen molar-refractivity contribution in [2.45, 2.75) is 45.7 Å². The van der Waals surface area contributed by atoms with Crippen LogP contribution in [0.25, 0.3) is 0 Å². The van der Waals surface area contributed by atoms with Crippen LogP contribution < -0.4 is 5.32 Å². The summed E-state index contributed by atoms with van der Waals surface area (Å²) in [4.78, 5) is 2.56. The minimum atomic E-state index is 0.644. The molecule has 0 radical (unpaired) electrons. The number of hydrogen-bond donors (Lipinski definition) is 1. The number of aryl methyl sites for hydroxylation is 2. The summed E-state index contributed by atoms with van der Waals surface area (Å²) in [5.74, 6) is 0.832. The lowest BCUT2D eigenvalue weighted by Gasteiger charge is -2.34. The zero-order valence-electron chi connectivity index (χ0n) is 12.8. The number of hydrogen-bond acceptors (Lipinski definition) is 3. The maximum atomic E-state index is 4.53. The fourth-order valence-corrected chi connectivity index (χ4v) is 2.97. The molecule has 1 unspecified atom stereocenters. The molecule has 0 aliphatic carbocycles. The average Bonchev–Trinajstić information content (AvgIpc) is 2.79. The summed E-state index contributed by atoms with van der Waals surface area (Å²) in [5, 5.41) is 7.92. The first-order chi connectivity index (χ1) is 9.13. The summed E-state index contributed by atoms with van der Waals surface area (Å²) in [6, 6.07) is 2.90. The number of nitrogens with zero attached hydrogens (tertiary/aromatic N) is 3. The van der Waals surface area contributed by atoms with Crippen LogP contribution in [0.2, 0.25) is 0 Å². The van der Waals surface area contributed by atoms with Gasteiger partial charge >= 0.3 is 0 Å². The molecule has 1 saturated heterocycles. The Bertz CT molecular complexity index is 391. The highest BCUT2D eigenvalue weighted by molar-refractivity contribution is 5.10. The highest BCUT2D eigenvalue weighted by Gasteiger charge is 2.23. The smallest absolute Gasteiger partial charge is 0.0625 e. The first-order valence-electron chi connectivity index (χ1n) is 7.55. The molecule has 1 fully saturated rings. The Kier molecular flexibility index (Phi) is 4.99. The molecule has 0 spiro atoms. The molecule has 1 atom stereocenters. The Labute approximate surface area is 117 Å². The van der Waals surface area contributed by atoms with E-state index in [0.29, 0.717) is 6.04 Å². The van der Waals surface area contributed by atoms with Gasteiger partial charge in [-0.25, -0.2) is 0 Å². The maximum absolute atomic E-state index is 4.53. The van der Waals surface area contributed by atoms with Gasteiger partial charge in [-0.3, -0.25) is 9.58 Å². The van der Waals surface area contributed by atoms with Crippen LogP contribution in [0, 0.1) is 5.92 Å². The van der Waals surface area contributed by atoms with Gasteiger partial charge in [0.2, 0.25) is 0 Å². The van der Waals surface area contributed by atoms with Crippen LogP contribution in [0.1, 0.15) is 38.1 Å². The molecule has 4 nitrogen and oxygen atoms in total. The third-order valence-electron chi connectivity index (χ3n) is 4.57. The van der Waals surface area contributed by atoms with Crippen LogP contribution in [0.15, 0.2) is 6.07 Å². The van der Waals surface area contributed by atoms with Crippen molar-refractivity contribution >= 4 is 0 Å². The van der Waals surface area contributed by atoms with Gasteiger partial charge in [-0.2, -0.15) is 5.10 Å². The summed E-state index contributed by atoms with van der Waals surface area (Å²) < 4.78 is 2.04. The standard InChI is InChI=1S/C15H28N4/c1-5-14-10-15(18(4)17-14)11-19-8-6-13(7-9-19)12(2)16-3/h10,12-13,16H,5-9,11H2,1-4H3. The second-order valence-corrected chi connectivity index (χ2v) is 5.80. The summed E-state index contributed by atoms with van der Waals surface area (Å²) in [6.07, 6.45) is 3.64. The predicted molar refractivity (Wildman–Crippen MR) is 79.1 cm³/mol. The summed E-state index contributed by atoms with van der Waals surface area (Å²) >= 11 is 0. The van der Waals surface area contributed by atoms with Crippen molar-refractivity contribution < 1.29 is 0 Å². The van der Waals surface area contributed by atoms with E-state index in [9.17, 15) is 0 Å². The van der Waals surface area contributed by atoms with Gasteiger partial charge in [-0.15, -0.1) is 0 Å². The summed E-state index contributed by atoms with van der Waals surface area (Å²) in [7, 11) is 4.13. The van der Waals surface area contributed by atoms with Gasteiger partial charge in [0.1, 0.15) is 0 Å². The van der Waals surface area contributed by atoms with Gasteiger partial charge in [-0.05, 0) is 58.3 Å². The average molecular weight is 264 g/mol. The van der Waals surface area contributed by atoms with Crippen LogP contribution >= 0.6 is 0 Å². The van der Waals surface area contributed by atoms with E-state index in [-0.39, 0.29) is 0 Å². The van der Waals surface area contributed by atoms with Crippen molar-refractivity contribution in [2.24, 2.45) is 13.0 Å². The molecule has 0 saturated carbocycles. The zero-order valence-corrected chi connectivity index (χ0v) is 12.8. The van der Waals surface area contributed by atoms with Crippen LogP contribution in [0.3, 0.4) is 0 Å². The van der Waals surface area contributed by atoms with E-state index in [0.717, 1.165) is 18.9 Å². The fraction of sp³-hybridized carbons (Fsp3) is 0.800. The van der Waals surface area contributed by atoms with Crippen LogP contribution in [0.5, 0.6) is 0 Å². The maximum Gasteiger partial charge on any atom is 0.0625 e. The Morgan fingerprint density at radius 3 is 2.63 bits per heavy atom. The Morgan fingerprint density at radius 1 is 1.42 bits per heavy atom. The van der Waals surface area contributed by atoms with E-state index < -0.39 is 0 Å². The Hall–Kier alpha value is -0.870. The van der Waals surface area contributed by atoms with Gasteiger partial charge < -0.3 is 5.32 Å². The molecule has 2 heterocycles. The fourth-order valence-electron chi connectivity index (χ4n) is 2.97. The van der Waals surface area contributed by atoms with Crippen LogP contribution in [-0.4, -0.2) is 40.9 Å². The summed E-state index contributed by atoms with van der Waals surface area (Å²) in [6.45, 7) is 7.93. The minimum absolute atomic E-state index is 0.644. The predicted octanol–water partition coefficient (Wildman–Crippen LogP) is 1.80. The molecule has 1 aliphatic rings. The van der Waals surface area contributed by atoms with E-state index in [2.05, 4.69) is 49.3 Å². The molecule has 1 aromatic heterocycles. The van der Waals surface area contributed by atoms with Crippen molar-refractivity contribution in [2.75, 3.05) is 20.1 Å². The molecule has 1 aromatic rings. The van der Waals surface area contributed by atoms with E-state index in [1.165, 1.54) is 37.3 Å². The molecule has 108 valence electrons. The molecule has 0 aromatic carbocycles. The lowest BCUT2D eigenvalue weighted by atomic mass is 9.90. The Morgan fingerprint density at radius 2 is 2.11 bits per heavy atom. The topological polar surface area (TPSA) is 33.1 Å². The van der Waals surface area contributed by atoms with Crippen molar-refractivity contribution in [1.82, 2.24) is 20.0 Å². The third-order valence-corrected chi connectivity index (χ3v) is 4.57. The molecule has 1 aliphatic heterocycles. The van der Waals surface area contributed by atoms with Crippen molar-refractivity contribution in [1.29, 1.82) is 0 Å². The van der Waals surface area contributed by atoms with Crippen LogP contribution in [-0.2, 0) is 20.0 Å². The molecule has 1 N–H and O–H groups in total. The van der Waals surface area contributed by atoms with E-state index >= 15 is 0 Å². The molecular weight excluding hydrogens is 236 g/mol. The number of piperidine rings is 1. The van der Waals surface area contributed by atoms with E-state index in [1.54, 1.807) is 0 Å².